The first kappa shape index (κ1) is 23.1. The first-order valence-electron chi connectivity index (χ1n) is 9.58. The van der Waals surface area contributed by atoms with Crippen LogP contribution in [0.3, 0.4) is 0 Å². The Morgan fingerprint density at radius 2 is 1.71 bits per heavy atom. The topological polar surface area (TPSA) is 74.3 Å². The Hall–Kier alpha value is -2.61. The smallest absolute Gasteiger partial charge is 0.321 e. The molecule has 0 fully saturated rings. The molecule has 0 bridgehead atoms. The fourth-order valence-electron chi connectivity index (χ4n) is 2.72. The molecule has 0 aliphatic rings. The lowest BCUT2D eigenvalue weighted by Crippen LogP contribution is -2.39. The lowest BCUT2D eigenvalue weighted by Gasteiger charge is -2.26. The predicted molar refractivity (Wildman–Crippen MR) is 127 cm³/mol. The molecule has 3 rings (SSSR count). The van der Waals surface area contributed by atoms with Crippen molar-refractivity contribution in [3.05, 3.63) is 74.2 Å². The van der Waals surface area contributed by atoms with Crippen molar-refractivity contribution in [3.8, 4) is 0 Å². The zero-order valence-corrected chi connectivity index (χ0v) is 19.6. The van der Waals surface area contributed by atoms with Crippen molar-refractivity contribution in [2.24, 2.45) is 0 Å². The number of thiazole rings is 1. The number of carbonyl (C=O) groups excluding carboxylic acids is 2. The molecule has 2 aromatic carbocycles. The van der Waals surface area contributed by atoms with E-state index in [4.69, 9.17) is 23.2 Å². The maximum atomic E-state index is 12.8. The van der Waals surface area contributed by atoms with Gasteiger partial charge in [0.25, 0.3) is 5.91 Å². The van der Waals surface area contributed by atoms with Gasteiger partial charge in [-0.1, -0.05) is 40.9 Å². The Labute approximate surface area is 195 Å². The monoisotopic (exact) mass is 476 g/mol. The summed E-state index contributed by atoms with van der Waals surface area (Å²) in [6.45, 7) is 6.07. The van der Waals surface area contributed by atoms with E-state index in [2.05, 4.69) is 15.6 Å². The number of carbonyl (C=O) groups is 2. The molecule has 0 saturated heterocycles. The summed E-state index contributed by atoms with van der Waals surface area (Å²) < 4.78 is 0. The summed E-state index contributed by atoms with van der Waals surface area (Å²) in [5.74, 6) is -0.289. The quantitative estimate of drug-likeness (QED) is 0.428. The van der Waals surface area contributed by atoms with Crippen LogP contribution in [0.25, 0.3) is 0 Å². The fraction of sp³-hybridized carbons (Fsp3) is 0.227. The number of urea groups is 1. The third-order valence-electron chi connectivity index (χ3n) is 4.45. The van der Waals surface area contributed by atoms with Gasteiger partial charge in [0.15, 0.2) is 0 Å². The summed E-state index contributed by atoms with van der Waals surface area (Å²) in [4.78, 5) is 31.3. The summed E-state index contributed by atoms with van der Waals surface area (Å²) in [5, 5.41) is 8.77. The number of amides is 3. The normalized spacial score (nSPS) is 10.8. The predicted octanol–water partition coefficient (Wildman–Crippen LogP) is 6.45. The second-order valence-corrected chi connectivity index (χ2v) is 8.98. The SMILES string of the molecule is Cc1ccc(NC(=O)c2csc(CN(C(=O)Nc3ccc(Cl)c(Cl)c3)C(C)C)n2)cc1. The highest BCUT2D eigenvalue weighted by Gasteiger charge is 2.20. The molecule has 3 amide bonds. The minimum Gasteiger partial charge on any atom is -0.321 e. The number of hydrogen-bond acceptors (Lipinski definition) is 4. The minimum atomic E-state index is -0.297. The van der Waals surface area contributed by atoms with E-state index in [1.54, 1.807) is 28.5 Å². The van der Waals surface area contributed by atoms with Crippen LogP contribution in [-0.2, 0) is 6.54 Å². The molecule has 0 spiro atoms. The van der Waals surface area contributed by atoms with Crippen molar-refractivity contribution in [1.82, 2.24) is 9.88 Å². The fourth-order valence-corrected chi connectivity index (χ4v) is 3.79. The molecule has 2 N–H and O–H groups in total. The standard InChI is InChI=1S/C22H22Cl2N4O2S/c1-13(2)28(22(30)26-16-8-9-17(23)18(24)10-16)11-20-27-19(12-31-20)21(29)25-15-6-4-14(3)5-7-15/h4-10,12-13H,11H2,1-3H3,(H,25,29)(H,26,30). The largest absolute Gasteiger partial charge is 0.322 e. The van der Waals surface area contributed by atoms with Crippen LogP contribution in [0.5, 0.6) is 0 Å². The average Bonchev–Trinajstić information content (AvgIpc) is 3.19. The third kappa shape index (κ3) is 6.19. The molecule has 0 aliphatic carbocycles. The number of nitrogens with one attached hydrogen (secondary N) is 2. The first-order valence-corrected chi connectivity index (χ1v) is 11.2. The third-order valence-corrected chi connectivity index (χ3v) is 6.03. The molecule has 0 radical (unpaired) electrons. The molecule has 0 atom stereocenters. The van der Waals surface area contributed by atoms with Gasteiger partial charge in [-0.3, -0.25) is 4.79 Å². The van der Waals surface area contributed by atoms with Crippen LogP contribution < -0.4 is 10.6 Å². The molecule has 0 saturated carbocycles. The maximum absolute atomic E-state index is 12.8. The molecule has 162 valence electrons. The van der Waals surface area contributed by atoms with Gasteiger partial charge < -0.3 is 15.5 Å². The second kappa shape index (κ2) is 10.1. The summed E-state index contributed by atoms with van der Waals surface area (Å²) in [5.41, 5.74) is 2.67. The molecular weight excluding hydrogens is 455 g/mol. The Morgan fingerprint density at radius 1 is 1.03 bits per heavy atom. The van der Waals surface area contributed by atoms with Gasteiger partial charge in [-0.15, -0.1) is 11.3 Å². The number of nitrogens with zero attached hydrogens (tertiary/aromatic N) is 2. The van der Waals surface area contributed by atoms with Crippen molar-refractivity contribution in [2.45, 2.75) is 33.4 Å². The summed E-state index contributed by atoms with van der Waals surface area (Å²) >= 11 is 13.3. The van der Waals surface area contributed by atoms with E-state index < -0.39 is 0 Å². The van der Waals surface area contributed by atoms with Gasteiger partial charge in [-0.2, -0.15) is 0 Å². The van der Waals surface area contributed by atoms with Crippen LogP contribution in [0.2, 0.25) is 10.0 Å². The number of anilines is 2. The van der Waals surface area contributed by atoms with E-state index in [-0.39, 0.29) is 24.5 Å². The van der Waals surface area contributed by atoms with Gasteiger partial charge in [0.2, 0.25) is 0 Å². The second-order valence-electron chi connectivity index (χ2n) is 7.23. The van der Waals surface area contributed by atoms with E-state index in [0.29, 0.717) is 32.1 Å². The van der Waals surface area contributed by atoms with Crippen molar-refractivity contribution in [1.29, 1.82) is 0 Å². The highest BCUT2D eigenvalue weighted by atomic mass is 35.5. The first-order chi connectivity index (χ1) is 14.7. The Kier molecular flexibility index (Phi) is 7.54. The lowest BCUT2D eigenvalue weighted by atomic mass is 10.2. The zero-order valence-electron chi connectivity index (χ0n) is 17.3. The highest BCUT2D eigenvalue weighted by Crippen LogP contribution is 2.25. The Morgan fingerprint density at radius 3 is 2.35 bits per heavy atom. The summed E-state index contributed by atoms with van der Waals surface area (Å²) in [6, 6.07) is 12.1. The summed E-state index contributed by atoms with van der Waals surface area (Å²) in [7, 11) is 0. The van der Waals surface area contributed by atoms with E-state index in [1.807, 2.05) is 45.0 Å². The van der Waals surface area contributed by atoms with E-state index in [0.717, 1.165) is 5.56 Å². The van der Waals surface area contributed by atoms with Crippen molar-refractivity contribution in [3.63, 3.8) is 0 Å². The molecular formula is C22H22Cl2N4O2S. The number of aryl methyl sites for hydroxylation is 1. The van der Waals surface area contributed by atoms with Crippen molar-refractivity contribution < 1.29 is 9.59 Å². The molecule has 31 heavy (non-hydrogen) atoms. The van der Waals surface area contributed by atoms with Gasteiger partial charge >= 0.3 is 6.03 Å². The van der Waals surface area contributed by atoms with E-state index >= 15 is 0 Å². The number of aromatic nitrogens is 1. The van der Waals surface area contributed by atoms with Gasteiger partial charge in [0.05, 0.1) is 16.6 Å². The van der Waals surface area contributed by atoms with Crippen LogP contribution in [0.4, 0.5) is 16.2 Å². The van der Waals surface area contributed by atoms with E-state index in [9.17, 15) is 9.59 Å². The Bertz CT molecular complexity index is 1080. The Balaban J connectivity index is 1.66. The number of halogens is 2. The number of benzene rings is 2. The molecule has 0 unspecified atom stereocenters. The van der Waals surface area contributed by atoms with Gasteiger partial charge in [0.1, 0.15) is 10.7 Å². The molecule has 1 heterocycles. The average molecular weight is 477 g/mol. The van der Waals surface area contributed by atoms with Gasteiger partial charge in [-0.25, -0.2) is 9.78 Å². The molecule has 6 nitrogen and oxygen atoms in total. The summed E-state index contributed by atoms with van der Waals surface area (Å²) in [6.07, 6.45) is 0. The van der Waals surface area contributed by atoms with Crippen LogP contribution in [-0.4, -0.2) is 27.9 Å². The minimum absolute atomic E-state index is 0.0866. The molecule has 0 aliphatic heterocycles. The number of hydrogen-bond donors (Lipinski definition) is 2. The molecule has 9 heteroatoms. The van der Waals surface area contributed by atoms with Crippen molar-refractivity contribution >= 4 is 57.9 Å². The van der Waals surface area contributed by atoms with Crippen LogP contribution in [0.15, 0.2) is 47.8 Å². The maximum Gasteiger partial charge on any atom is 0.322 e. The van der Waals surface area contributed by atoms with Crippen LogP contribution >= 0.6 is 34.5 Å². The highest BCUT2D eigenvalue weighted by molar-refractivity contribution is 7.09. The zero-order chi connectivity index (χ0) is 22.5. The number of rotatable bonds is 6. The van der Waals surface area contributed by atoms with Crippen LogP contribution in [0.1, 0.15) is 34.9 Å². The molecule has 3 aromatic rings. The van der Waals surface area contributed by atoms with Gasteiger partial charge in [-0.05, 0) is 51.1 Å². The lowest BCUT2D eigenvalue weighted by molar-refractivity contribution is 0.102. The van der Waals surface area contributed by atoms with Crippen LogP contribution in [0, 0.1) is 6.92 Å². The van der Waals surface area contributed by atoms with Gasteiger partial charge in [0, 0.05) is 22.8 Å². The van der Waals surface area contributed by atoms with E-state index in [1.165, 1.54) is 11.3 Å². The molecule has 1 aromatic heterocycles. The van der Waals surface area contributed by atoms with Crippen molar-refractivity contribution in [2.75, 3.05) is 10.6 Å².